The third kappa shape index (κ3) is 4.32. The summed E-state index contributed by atoms with van der Waals surface area (Å²) in [5, 5.41) is 3.07. The van der Waals surface area contributed by atoms with Crippen LogP contribution in [0.1, 0.15) is 32.3 Å². The molecule has 1 aliphatic rings. The van der Waals surface area contributed by atoms with E-state index in [1.165, 1.54) is 5.56 Å². The van der Waals surface area contributed by atoms with Gasteiger partial charge in [-0.25, -0.2) is 0 Å². The molecule has 4 nitrogen and oxygen atoms in total. The molecule has 4 heteroatoms. The van der Waals surface area contributed by atoms with Gasteiger partial charge in [-0.2, -0.15) is 0 Å². The molecule has 20 heavy (non-hydrogen) atoms. The number of carbonyl (C=O) groups excluding carboxylic acids is 1. The molecule has 1 atom stereocenters. The molecule has 1 saturated heterocycles. The molecule has 110 valence electrons. The highest BCUT2D eigenvalue weighted by Gasteiger charge is 2.27. The Bertz CT molecular complexity index is 439. The second kappa shape index (κ2) is 6.37. The van der Waals surface area contributed by atoms with Crippen LogP contribution in [0.25, 0.3) is 0 Å². The fourth-order valence-corrected chi connectivity index (χ4v) is 2.53. The quantitative estimate of drug-likeness (QED) is 0.875. The summed E-state index contributed by atoms with van der Waals surface area (Å²) in [5.74, 6) is -0.0657. The predicted molar refractivity (Wildman–Crippen MR) is 81.2 cm³/mol. The largest absolute Gasteiger partial charge is 0.351 e. The number of hydrogen-bond acceptors (Lipinski definition) is 3. The van der Waals surface area contributed by atoms with Crippen molar-refractivity contribution >= 4 is 5.91 Å². The van der Waals surface area contributed by atoms with Crippen LogP contribution in [0.2, 0.25) is 0 Å². The zero-order valence-electron chi connectivity index (χ0n) is 12.4. The highest BCUT2D eigenvalue weighted by molar-refractivity contribution is 5.85. The summed E-state index contributed by atoms with van der Waals surface area (Å²) >= 11 is 0. The average molecular weight is 275 g/mol. The summed E-state index contributed by atoms with van der Waals surface area (Å²) in [6, 6.07) is 10.7. The first kappa shape index (κ1) is 15.0. The smallest absolute Gasteiger partial charge is 0.239 e. The number of nitrogens with zero attached hydrogens (tertiary/aromatic N) is 1. The molecule has 1 amide bonds. The van der Waals surface area contributed by atoms with Gasteiger partial charge in [0.15, 0.2) is 0 Å². The van der Waals surface area contributed by atoms with Crippen molar-refractivity contribution < 1.29 is 4.79 Å². The van der Waals surface area contributed by atoms with E-state index < -0.39 is 5.54 Å². The van der Waals surface area contributed by atoms with Crippen LogP contribution in [-0.2, 0) is 11.3 Å². The highest BCUT2D eigenvalue weighted by Crippen LogP contribution is 2.14. The number of nitrogens with two attached hydrogens (primary N) is 1. The summed E-state index contributed by atoms with van der Waals surface area (Å²) in [5.41, 5.74) is 6.34. The van der Waals surface area contributed by atoms with Crippen molar-refractivity contribution in [1.29, 1.82) is 0 Å². The van der Waals surface area contributed by atoms with Crippen LogP contribution in [0, 0.1) is 0 Å². The fraction of sp³-hybridized carbons (Fsp3) is 0.562. The first-order valence-corrected chi connectivity index (χ1v) is 7.31. The van der Waals surface area contributed by atoms with E-state index in [9.17, 15) is 4.79 Å². The standard InChI is InChI=1S/C16H25N3O/c1-16(2,17)15(20)18-14-9-6-10-19(12-14)11-13-7-4-3-5-8-13/h3-5,7-8,14H,6,9-12,17H2,1-2H3,(H,18,20). The van der Waals surface area contributed by atoms with Gasteiger partial charge >= 0.3 is 0 Å². The van der Waals surface area contributed by atoms with Gasteiger partial charge in [-0.3, -0.25) is 9.69 Å². The van der Waals surface area contributed by atoms with Crippen LogP contribution < -0.4 is 11.1 Å². The minimum absolute atomic E-state index is 0.0657. The number of carbonyl (C=O) groups is 1. The van der Waals surface area contributed by atoms with Crippen molar-refractivity contribution in [3.63, 3.8) is 0 Å². The predicted octanol–water partition coefficient (Wildman–Crippen LogP) is 1.50. The minimum atomic E-state index is -0.804. The van der Waals surface area contributed by atoms with E-state index in [0.29, 0.717) is 0 Å². The summed E-state index contributed by atoms with van der Waals surface area (Å²) < 4.78 is 0. The van der Waals surface area contributed by atoms with Crippen molar-refractivity contribution in [2.24, 2.45) is 5.73 Å². The van der Waals surface area contributed by atoms with Crippen molar-refractivity contribution in [3.8, 4) is 0 Å². The summed E-state index contributed by atoms with van der Waals surface area (Å²) in [7, 11) is 0. The van der Waals surface area contributed by atoms with Crippen LogP contribution >= 0.6 is 0 Å². The van der Waals surface area contributed by atoms with E-state index in [4.69, 9.17) is 5.73 Å². The van der Waals surface area contributed by atoms with Gasteiger partial charge in [0.2, 0.25) is 5.91 Å². The van der Waals surface area contributed by atoms with Crippen LogP contribution in [0.15, 0.2) is 30.3 Å². The Balaban J connectivity index is 1.87. The number of piperidine rings is 1. The van der Waals surface area contributed by atoms with Gasteiger partial charge in [-0.15, -0.1) is 0 Å². The molecule has 2 rings (SSSR count). The lowest BCUT2D eigenvalue weighted by atomic mass is 10.0. The molecule has 0 radical (unpaired) electrons. The van der Waals surface area contributed by atoms with Gasteiger partial charge in [0.05, 0.1) is 5.54 Å². The van der Waals surface area contributed by atoms with E-state index in [-0.39, 0.29) is 11.9 Å². The number of likely N-dealkylation sites (tertiary alicyclic amines) is 1. The van der Waals surface area contributed by atoms with Crippen molar-refractivity contribution in [2.75, 3.05) is 13.1 Å². The molecule has 1 aromatic rings. The molecule has 0 aliphatic carbocycles. The Labute approximate surface area is 121 Å². The van der Waals surface area contributed by atoms with E-state index >= 15 is 0 Å². The van der Waals surface area contributed by atoms with Crippen LogP contribution in [0.4, 0.5) is 0 Å². The van der Waals surface area contributed by atoms with Gasteiger partial charge in [-0.05, 0) is 38.8 Å². The normalized spacial score (nSPS) is 20.6. The molecule has 0 aromatic heterocycles. The zero-order chi connectivity index (χ0) is 14.6. The summed E-state index contributed by atoms with van der Waals surface area (Å²) in [6.45, 7) is 6.42. The summed E-state index contributed by atoms with van der Waals surface area (Å²) in [4.78, 5) is 14.3. The monoisotopic (exact) mass is 275 g/mol. The van der Waals surface area contributed by atoms with E-state index in [1.807, 2.05) is 6.07 Å². The molecule has 1 aliphatic heterocycles. The Morgan fingerprint density at radius 2 is 2.10 bits per heavy atom. The van der Waals surface area contributed by atoms with Crippen LogP contribution in [0.5, 0.6) is 0 Å². The number of hydrogen-bond donors (Lipinski definition) is 2. The van der Waals surface area contributed by atoms with Gasteiger partial charge < -0.3 is 11.1 Å². The summed E-state index contributed by atoms with van der Waals surface area (Å²) in [6.07, 6.45) is 2.15. The lowest BCUT2D eigenvalue weighted by Gasteiger charge is -2.34. The molecule has 1 heterocycles. The molecule has 0 saturated carbocycles. The van der Waals surface area contributed by atoms with E-state index in [1.54, 1.807) is 13.8 Å². The SMILES string of the molecule is CC(C)(N)C(=O)NC1CCCN(Cc2ccccc2)C1. The second-order valence-corrected chi connectivity index (χ2v) is 6.26. The average Bonchev–Trinajstić information content (AvgIpc) is 2.39. The highest BCUT2D eigenvalue weighted by atomic mass is 16.2. The first-order valence-electron chi connectivity index (χ1n) is 7.31. The lowest BCUT2D eigenvalue weighted by Crippen LogP contribution is -2.55. The minimum Gasteiger partial charge on any atom is -0.351 e. The second-order valence-electron chi connectivity index (χ2n) is 6.26. The molecule has 3 N–H and O–H groups in total. The van der Waals surface area contributed by atoms with Crippen molar-refractivity contribution in [3.05, 3.63) is 35.9 Å². The Kier molecular flexibility index (Phi) is 4.78. The molecule has 1 unspecified atom stereocenters. The molecular weight excluding hydrogens is 250 g/mol. The third-order valence-electron chi connectivity index (χ3n) is 3.67. The van der Waals surface area contributed by atoms with E-state index in [0.717, 1.165) is 32.5 Å². The van der Waals surface area contributed by atoms with Crippen LogP contribution in [-0.4, -0.2) is 35.5 Å². The molecule has 1 aromatic carbocycles. The Hall–Kier alpha value is -1.39. The maximum absolute atomic E-state index is 11.9. The zero-order valence-corrected chi connectivity index (χ0v) is 12.4. The first-order chi connectivity index (χ1) is 9.45. The molecular formula is C16H25N3O. The maximum atomic E-state index is 11.9. The fourth-order valence-electron chi connectivity index (χ4n) is 2.53. The maximum Gasteiger partial charge on any atom is 0.239 e. The molecule has 0 spiro atoms. The van der Waals surface area contributed by atoms with Crippen LogP contribution in [0.3, 0.4) is 0 Å². The Morgan fingerprint density at radius 1 is 1.40 bits per heavy atom. The lowest BCUT2D eigenvalue weighted by molar-refractivity contribution is -0.126. The van der Waals surface area contributed by atoms with Gasteiger partial charge in [0, 0.05) is 19.1 Å². The molecule has 0 bridgehead atoms. The number of rotatable bonds is 4. The van der Waals surface area contributed by atoms with Crippen molar-refractivity contribution in [1.82, 2.24) is 10.2 Å². The number of amides is 1. The van der Waals surface area contributed by atoms with Crippen molar-refractivity contribution in [2.45, 2.75) is 44.8 Å². The molecule has 1 fully saturated rings. The van der Waals surface area contributed by atoms with Gasteiger partial charge in [0.1, 0.15) is 0 Å². The van der Waals surface area contributed by atoms with Gasteiger partial charge in [0.25, 0.3) is 0 Å². The topological polar surface area (TPSA) is 58.4 Å². The number of nitrogens with one attached hydrogen (secondary N) is 1. The number of benzene rings is 1. The third-order valence-corrected chi connectivity index (χ3v) is 3.67. The van der Waals surface area contributed by atoms with E-state index in [2.05, 4.69) is 34.5 Å². The Morgan fingerprint density at radius 3 is 2.75 bits per heavy atom. The van der Waals surface area contributed by atoms with Gasteiger partial charge in [-0.1, -0.05) is 30.3 Å².